The van der Waals surface area contributed by atoms with Crippen LogP contribution in [0.2, 0.25) is 0 Å². The average Bonchev–Trinajstić information content (AvgIpc) is 2.94. The number of fused-ring (bicyclic) bond motifs is 1. The molecule has 1 amide bonds. The van der Waals surface area contributed by atoms with Crippen LogP contribution in [-0.4, -0.2) is 21.6 Å². The first-order valence-electron chi connectivity index (χ1n) is 6.60. The summed E-state index contributed by atoms with van der Waals surface area (Å²) in [5.41, 5.74) is 0.952. The maximum Gasteiger partial charge on any atom is 0.326 e. The number of benzene rings is 1. The quantitative estimate of drug-likeness (QED) is 0.791. The molecule has 2 N–H and O–H groups in total. The Kier molecular flexibility index (Phi) is 3.73. The van der Waals surface area contributed by atoms with Gasteiger partial charge in [0, 0.05) is 15.7 Å². The zero-order valence-corrected chi connectivity index (χ0v) is 14.3. The zero-order valence-electron chi connectivity index (χ0n) is 11.9. The molecule has 2 heterocycles. The van der Waals surface area contributed by atoms with E-state index in [9.17, 15) is 14.4 Å². The van der Waals surface area contributed by atoms with Crippen LogP contribution in [0.1, 0.15) is 18.5 Å². The van der Waals surface area contributed by atoms with Gasteiger partial charge in [-0.25, -0.2) is 4.79 Å². The summed E-state index contributed by atoms with van der Waals surface area (Å²) in [6, 6.07) is 4.22. The SMILES string of the molecule is C=c1s/c(=C2\C(=O)Nc3ccc(Br)cc32)c(=O)n1C(C)C(=O)O. The number of aromatic nitrogens is 1. The van der Waals surface area contributed by atoms with Gasteiger partial charge in [-0.15, -0.1) is 11.3 Å². The molecular formula is C15H11BrN2O4S. The van der Waals surface area contributed by atoms with Gasteiger partial charge in [0.2, 0.25) is 0 Å². The predicted molar refractivity (Wildman–Crippen MR) is 91.0 cm³/mol. The van der Waals surface area contributed by atoms with Crippen molar-refractivity contribution in [2.24, 2.45) is 0 Å². The molecule has 1 unspecified atom stereocenters. The van der Waals surface area contributed by atoms with Crippen molar-refractivity contribution in [3.8, 4) is 0 Å². The van der Waals surface area contributed by atoms with Gasteiger partial charge >= 0.3 is 5.97 Å². The standard InChI is InChI=1S/C15H11BrN2O4S/c1-6(15(21)22)18-7(2)23-12(14(18)20)11-9-5-8(16)3-4-10(9)17-13(11)19/h3-6H,2H2,1H3,(H,17,19)(H,21,22)/b12-11-. The van der Waals surface area contributed by atoms with E-state index in [1.165, 1.54) is 6.92 Å². The number of aliphatic carboxylic acids is 1. The summed E-state index contributed by atoms with van der Waals surface area (Å²) in [4.78, 5) is 36.1. The molecule has 1 aromatic carbocycles. The summed E-state index contributed by atoms with van der Waals surface area (Å²) in [6.07, 6.45) is 0. The number of nitrogens with one attached hydrogen (secondary N) is 1. The van der Waals surface area contributed by atoms with E-state index in [-0.39, 0.29) is 16.0 Å². The Labute approximate surface area is 142 Å². The molecule has 0 saturated heterocycles. The van der Waals surface area contributed by atoms with Crippen LogP contribution in [0.15, 0.2) is 27.5 Å². The van der Waals surface area contributed by atoms with Crippen LogP contribution >= 0.6 is 27.3 Å². The van der Waals surface area contributed by atoms with Crippen molar-refractivity contribution in [3.05, 3.63) is 47.8 Å². The van der Waals surface area contributed by atoms with Crippen molar-refractivity contribution in [2.45, 2.75) is 13.0 Å². The number of hydrogen-bond donors (Lipinski definition) is 2. The highest BCUT2D eigenvalue weighted by Gasteiger charge is 2.28. The fraction of sp³-hybridized carbons (Fsp3) is 0.133. The minimum Gasteiger partial charge on any atom is -0.480 e. The number of amides is 1. The van der Waals surface area contributed by atoms with Gasteiger partial charge in [0.25, 0.3) is 11.5 Å². The molecule has 1 aliphatic rings. The lowest BCUT2D eigenvalue weighted by Crippen LogP contribution is -2.37. The number of nitrogens with zero attached hydrogens (tertiary/aromatic N) is 1. The molecule has 1 aliphatic heterocycles. The number of carbonyl (C=O) groups is 2. The van der Waals surface area contributed by atoms with Crippen LogP contribution in [0.3, 0.4) is 0 Å². The van der Waals surface area contributed by atoms with E-state index < -0.39 is 17.6 Å². The van der Waals surface area contributed by atoms with Crippen LogP contribution in [-0.2, 0) is 9.59 Å². The van der Waals surface area contributed by atoms with E-state index in [0.717, 1.165) is 20.4 Å². The summed E-state index contributed by atoms with van der Waals surface area (Å²) < 4.78 is 2.36. The van der Waals surface area contributed by atoms with Crippen LogP contribution in [0.5, 0.6) is 0 Å². The van der Waals surface area contributed by atoms with Crippen molar-refractivity contribution in [1.82, 2.24) is 4.57 Å². The second kappa shape index (κ2) is 5.47. The molecule has 23 heavy (non-hydrogen) atoms. The van der Waals surface area contributed by atoms with Crippen molar-refractivity contribution in [3.63, 3.8) is 0 Å². The van der Waals surface area contributed by atoms with Crippen LogP contribution < -0.4 is 20.1 Å². The first kappa shape index (κ1) is 15.7. The lowest BCUT2D eigenvalue weighted by molar-refractivity contribution is -0.140. The van der Waals surface area contributed by atoms with Gasteiger partial charge in [-0.1, -0.05) is 22.5 Å². The highest BCUT2D eigenvalue weighted by molar-refractivity contribution is 9.10. The first-order valence-corrected chi connectivity index (χ1v) is 8.21. The number of carbonyl (C=O) groups excluding carboxylic acids is 1. The Morgan fingerprint density at radius 2 is 2.13 bits per heavy atom. The number of hydrogen-bond acceptors (Lipinski definition) is 4. The number of anilines is 1. The Balaban J connectivity index is 2.38. The molecule has 0 spiro atoms. The lowest BCUT2D eigenvalue weighted by Gasteiger charge is -2.05. The van der Waals surface area contributed by atoms with E-state index in [0.29, 0.717) is 15.9 Å². The lowest BCUT2D eigenvalue weighted by atomic mass is 10.1. The highest BCUT2D eigenvalue weighted by atomic mass is 79.9. The summed E-state index contributed by atoms with van der Waals surface area (Å²) >= 11 is 4.36. The predicted octanol–water partition coefficient (Wildman–Crippen LogP) is 0.879. The zero-order chi connectivity index (χ0) is 16.9. The van der Waals surface area contributed by atoms with E-state index in [4.69, 9.17) is 5.11 Å². The summed E-state index contributed by atoms with van der Waals surface area (Å²) in [5.74, 6) is -1.52. The van der Waals surface area contributed by atoms with Crippen LogP contribution in [0.25, 0.3) is 12.2 Å². The number of thiazole rings is 1. The molecule has 1 atom stereocenters. The second-order valence-corrected chi connectivity index (χ2v) is 7.03. The van der Waals surface area contributed by atoms with Gasteiger partial charge in [-0.2, -0.15) is 0 Å². The van der Waals surface area contributed by atoms with Crippen molar-refractivity contribution in [2.75, 3.05) is 5.32 Å². The fourth-order valence-corrected chi connectivity index (χ4v) is 3.88. The second-order valence-electron chi connectivity index (χ2n) is 5.03. The van der Waals surface area contributed by atoms with E-state index in [1.54, 1.807) is 18.2 Å². The summed E-state index contributed by atoms with van der Waals surface area (Å²) in [7, 11) is 0. The molecule has 1 aromatic heterocycles. The third kappa shape index (κ3) is 2.43. The van der Waals surface area contributed by atoms with Gasteiger partial charge in [0.1, 0.15) is 10.6 Å². The van der Waals surface area contributed by atoms with Crippen molar-refractivity contribution in [1.29, 1.82) is 0 Å². The highest BCUT2D eigenvalue weighted by Crippen LogP contribution is 2.32. The van der Waals surface area contributed by atoms with Gasteiger partial charge in [0.15, 0.2) is 0 Å². The number of halogens is 1. The number of carboxylic acids is 1. The topological polar surface area (TPSA) is 88.4 Å². The van der Waals surface area contributed by atoms with Crippen LogP contribution in [0, 0.1) is 0 Å². The van der Waals surface area contributed by atoms with Crippen molar-refractivity contribution >= 4 is 57.0 Å². The molecule has 0 fully saturated rings. The third-order valence-electron chi connectivity index (χ3n) is 3.60. The minimum atomic E-state index is -1.13. The smallest absolute Gasteiger partial charge is 0.326 e. The molecule has 0 bridgehead atoms. The molecule has 8 heteroatoms. The fourth-order valence-electron chi connectivity index (χ4n) is 2.46. The number of rotatable bonds is 2. The summed E-state index contributed by atoms with van der Waals surface area (Å²) in [5, 5.41) is 11.8. The monoisotopic (exact) mass is 394 g/mol. The van der Waals surface area contributed by atoms with Gasteiger partial charge in [-0.05, 0) is 25.1 Å². The average molecular weight is 395 g/mol. The normalized spacial score (nSPS) is 16.9. The van der Waals surface area contributed by atoms with Crippen LogP contribution in [0.4, 0.5) is 5.69 Å². The Hall–Kier alpha value is -2.19. The minimum absolute atomic E-state index is 0.192. The maximum absolute atomic E-state index is 12.6. The Bertz CT molecular complexity index is 1020. The Morgan fingerprint density at radius 1 is 1.43 bits per heavy atom. The van der Waals surface area contributed by atoms with Gasteiger partial charge < -0.3 is 10.4 Å². The molecule has 2 aromatic rings. The summed E-state index contributed by atoms with van der Waals surface area (Å²) in [6.45, 7) is 5.14. The maximum atomic E-state index is 12.6. The molecule has 6 nitrogen and oxygen atoms in total. The van der Waals surface area contributed by atoms with Gasteiger partial charge in [0.05, 0.1) is 10.2 Å². The molecule has 3 rings (SSSR count). The van der Waals surface area contributed by atoms with Gasteiger partial charge in [-0.3, -0.25) is 14.2 Å². The molecule has 0 aliphatic carbocycles. The first-order chi connectivity index (χ1) is 10.8. The van der Waals surface area contributed by atoms with E-state index in [2.05, 4.69) is 27.8 Å². The van der Waals surface area contributed by atoms with E-state index >= 15 is 0 Å². The molecule has 118 valence electrons. The largest absolute Gasteiger partial charge is 0.480 e. The molecule has 0 saturated carbocycles. The number of carboxylic acid groups (broad SMARTS) is 1. The molecule has 0 radical (unpaired) electrons. The molecular weight excluding hydrogens is 384 g/mol. The third-order valence-corrected chi connectivity index (χ3v) is 5.11. The van der Waals surface area contributed by atoms with E-state index in [1.807, 2.05) is 0 Å². The Morgan fingerprint density at radius 3 is 2.78 bits per heavy atom. The van der Waals surface area contributed by atoms with Crippen molar-refractivity contribution < 1.29 is 14.7 Å².